The Balaban J connectivity index is 1.59. The molecule has 0 spiro atoms. The molecule has 1 aliphatic rings. The van der Waals surface area contributed by atoms with E-state index in [1.165, 1.54) is 0 Å². The second kappa shape index (κ2) is 7.23. The van der Waals surface area contributed by atoms with Crippen molar-refractivity contribution in [3.8, 4) is 0 Å². The highest BCUT2D eigenvalue weighted by Gasteiger charge is 2.23. The number of aromatic amines is 1. The number of aryl methyl sites for hydroxylation is 1. The number of urea groups is 1. The van der Waals surface area contributed by atoms with Crippen LogP contribution in [0.25, 0.3) is 0 Å². The van der Waals surface area contributed by atoms with Crippen LogP contribution in [0.2, 0.25) is 0 Å². The van der Waals surface area contributed by atoms with E-state index >= 15 is 0 Å². The Morgan fingerprint density at radius 2 is 2.25 bits per heavy atom. The summed E-state index contributed by atoms with van der Waals surface area (Å²) in [4.78, 5) is 19.5. The summed E-state index contributed by atoms with van der Waals surface area (Å²) in [6.45, 7) is 2.67. The Morgan fingerprint density at radius 3 is 2.85 bits per heavy atom. The van der Waals surface area contributed by atoms with Gasteiger partial charge in [-0.3, -0.25) is 5.10 Å². The van der Waals surface area contributed by atoms with Crippen LogP contribution in [0.1, 0.15) is 25.1 Å². The summed E-state index contributed by atoms with van der Waals surface area (Å²) in [6.07, 6.45) is 5.57. The molecule has 2 amide bonds. The van der Waals surface area contributed by atoms with Crippen LogP contribution in [-0.4, -0.2) is 70.8 Å². The van der Waals surface area contributed by atoms with E-state index < -0.39 is 0 Å². The van der Waals surface area contributed by atoms with Crippen molar-refractivity contribution in [1.29, 1.82) is 0 Å². The number of amides is 2. The Morgan fingerprint density at radius 1 is 1.50 bits per heavy atom. The zero-order valence-electron chi connectivity index (χ0n) is 12.3. The predicted molar refractivity (Wildman–Crippen MR) is 76.4 cm³/mol. The number of carbonyl (C=O) groups is 1. The van der Waals surface area contributed by atoms with Crippen molar-refractivity contribution in [2.24, 2.45) is 0 Å². The summed E-state index contributed by atoms with van der Waals surface area (Å²) in [5.41, 5.74) is 0. The number of H-pyrrole nitrogens is 1. The molecular formula is C13H24N6O. The van der Waals surface area contributed by atoms with Crippen molar-refractivity contribution in [2.45, 2.75) is 31.7 Å². The topological polar surface area (TPSA) is 77.2 Å². The minimum atomic E-state index is 0.119. The molecule has 7 nitrogen and oxygen atoms in total. The highest BCUT2D eigenvalue weighted by molar-refractivity contribution is 5.73. The van der Waals surface area contributed by atoms with Gasteiger partial charge in [-0.1, -0.05) is 0 Å². The van der Waals surface area contributed by atoms with Crippen molar-refractivity contribution in [3.05, 3.63) is 12.2 Å². The van der Waals surface area contributed by atoms with Crippen LogP contribution in [0.5, 0.6) is 0 Å². The lowest BCUT2D eigenvalue weighted by Crippen LogP contribution is -2.48. The van der Waals surface area contributed by atoms with E-state index in [1.54, 1.807) is 25.3 Å². The maximum absolute atomic E-state index is 11.8. The third-order valence-corrected chi connectivity index (χ3v) is 3.64. The monoisotopic (exact) mass is 280 g/mol. The van der Waals surface area contributed by atoms with E-state index in [-0.39, 0.29) is 6.03 Å². The number of likely N-dealkylation sites (tertiary alicyclic amines) is 1. The van der Waals surface area contributed by atoms with Gasteiger partial charge in [0.1, 0.15) is 12.2 Å². The Kier molecular flexibility index (Phi) is 5.34. The first kappa shape index (κ1) is 14.8. The van der Waals surface area contributed by atoms with Gasteiger partial charge in [-0.05, 0) is 25.8 Å². The predicted octanol–water partition coefficient (Wildman–Crippen LogP) is 0.473. The second-order valence-corrected chi connectivity index (χ2v) is 5.43. The van der Waals surface area contributed by atoms with Gasteiger partial charge < -0.3 is 15.1 Å². The highest BCUT2D eigenvalue weighted by Crippen LogP contribution is 2.11. The molecule has 112 valence electrons. The molecule has 0 radical (unpaired) electrons. The number of nitrogens with zero attached hydrogens (tertiary/aromatic N) is 4. The fraction of sp³-hybridized carbons (Fsp3) is 0.769. The van der Waals surface area contributed by atoms with Crippen LogP contribution in [0.4, 0.5) is 4.79 Å². The number of aromatic nitrogens is 3. The summed E-state index contributed by atoms with van der Waals surface area (Å²) >= 11 is 0. The van der Waals surface area contributed by atoms with E-state index in [4.69, 9.17) is 0 Å². The summed E-state index contributed by atoms with van der Waals surface area (Å²) in [7, 11) is 3.60. The second-order valence-electron chi connectivity index (χ2n) is 5.43. The van der Waals surface area contributed by atoms with Crippen LogP contribution in [0, 0.1) is 0 Å². The van der Waals surface area contributed by atoms with Gasteiger partial charge in [0.15, 0.2) is 0 Å². The minimum Gasteiger partial charge on any atom is -0.331 e. The molecule has 1 fully saturated rings. The molecule has 1 saturated heterocycles. The molecule has 0 aromatic carbocycles. The lowest BCUT2D eigenvalue weighted by molar-refractivity contribution is 0.152. The quantitative estimate of drug-likeness (QED) is 0.769. The normalized spacial score (nSPS) is 16.4. The van der Waals surface area contributed by atoms with Gasteiger partial charge in [0, 0.05) is 39.6 Å². The summed E-state index contributed by atoms with van der Waals surface area (Å²) in [5, 5.41) is 10.3. The van der Waals surface area contributed by atoms with E-state index in [1.807, 2.05) is 4.90 Å². The number of rotatable bonds is 5. The Bertz CT molecular complexity index is 397. The number of hydrogen-bond acceptors (Lipinski definition) is 4. The largest absolute Gasteiger partial charge is 0.331 e. The summed E-state index contributed by atoms with van der Waals surface area (Å²) < 4.78 is 0. The highest BCUT2D eigenvalue weighted by atomic mass is 16.2. The van der Waals surface area contributed by atoms with Crippen molar-refractivity contribution in [2.75, 3.05) is 33.7 Å². The summed E-state index contributed by atoms with van der Waals surface area (Å²) in [5.74, 6) is 0.943. The van der Waals surface area contributed by atoms with Crippen LogP contribution < -0.4 is 5.32 Å². The molecule has 0 aliphatic carbocycles. The number of nitrogens with one attached hydrogen (secondary N) is 2. The molecule has 1 aliphatic heterocycles. The van der Waals surface area contributed by atoms with Crippen LogP contribution >= 0.6 is 0 Å². The third-order valence-electron chi connectivity index (χ3n) is 3.64. The van der Waals surface area contributed by atoms with Gasteiger partial charge in [0.05, 0.1) is 0 Å². The minimum absolute atomic E-state index is 0.119. The van der Waals surface area contributed by atoms with E-state index in [2.05, 4.69) is 20.5 Å². The molecule has 0 atom stereocenters. The molecule has 2 N–H and O–H groups in total. The third kappa shape index (κ3) is 4.19. The van der Waals surface area contributed by atoms with Crippen LogP contribution in [0.15, 0.2) is 6.33 Å². The van der Waals surface area contributed by atoms with Gasteiger partial charge in [-0.25, -0.2) is 9.78 Å². The fourth-order valence-corrected chi connectivity index (χ4v) is 2.47. The zero-order chi connectivity index (χ0) is 14.4. The van der Waals surface area contributed by atoms with Gasteiger partial charge in [0.2, 0.25) is 0 Å². The number of piperidine rings is 1. The molecule has 0 unspecified atom stereocenters. The first-order valence-electron chi connectivity index (χ1n) is 7.20. The molecule has 0 bridgehead atoms. The molecule has 20 heavy (non-hydrogen) atoms. The Labute approximate surface area is 119 Å². The molecule has 7 heteroatoms. The lowest BCUT2D eigenvalue weighted by atomic mass is 10.1. The van der Waals surface area contributed by atoms with Crippen molar-refractivity contribution >= 4 is 6.03 Å². The maximum atomic E-state index is 11.8. The van der Waals surface area contributed by atoms with E-state index in [0.717, 1.165) is 51.1 Å². The average molecular weight is 280 g/mol. The summed E-state index contributed by atoms with van der Waals surface area (Å²) in [6, 6.07) is 0.643. The van der Waals surface area contributed by atoms with E-state index in [9.17, 15) is 4.79 Å². The molecule has 2 heterocycles. The molecule has 0 saturated carbocycles. The fourth-order valence-electron chi connectivity index (χ4n) is 2.47. The zero-order valence-corrected chi connectivity index (χ0v) is 12.3. The van der Waals surface area contributed by atoms with Crippen LogP contribution in [-0.2, 0) is 6.42 Å². The average Bonchev–Trinajstić information content (AvgIpc) is 2.96. The first-order chi connectivity index (χ1) is 9.66. The van der Waals surface area contributed by atoms with E-state index in [0.29, 0.717) is 6.04 Å². The Hall–Kier alpha value is -1.63. The van der Waals surface area contributed by atoms with Crippen molar-refractivity contribution in [3.63, 3.8) is 0 Å². The SMILES string of the molecule is CN(C)C(=O)N1CCC(NCCCc2ncn[nH]2)CC1. The molecule has 1 aromatic rings. The van der Waals surface area contributed by atoms with Gasteiger partial charge in [-0.2, -0.15) is 5.10 Å². The van der Waals surface area contributed by atoms with Gasteiger partial charge in [-0.15, -0.1) is 0 Å². The molecule has 2 rings (SSSR count). The molecular weight excluding hydrogens is 256 g/mol. The van der Waals surface area contributed by atoms with Gasteiger partial charge in [0.25, 0.3) is 0 Å². The van der Waals surface area contributed by atoms with Crippen molar-refractivity contribution < 1.29 is 4.79 Å². The number of carbonyl (C=O) groups excluding carboxylic acids is 1. The standard InChI is InChI=1S/C13H24N6O/c1-18(2)13(20)19-8-5-11(6-9-19)14-7-3-4-12-15-10-16-17-12/h10-11,14H,3-9H2,1-2H3,(H,15,16,17). The van der Waals surface area contributed by atoms with Crippen LogP contribution in [0.3, 0.4) is 0 Å². The smallest absolute Gasteiger partial charge is 0.319 e. The van der Waals surface area contributed by atoms with Crippen molar-refractivity contribution in [1.82, 2.24) is 30.3 Å². The maximum Gasteiger partial charge on any atom is 0.319 e. The van der Waals surface area contributed by atoms with Gasteiger partial charge >= 0.3 is 6.03 Å². The first-order valence-corrected chi connectivity index (χ1v) is 7.20. The lowest BCUT2D eigenvalue weighted by Gasteiger charge is -2.34. The molecule has 1 aromatic heterocycles. The number of hydrogen-bond donors (Lipinski definition) is 2.